The largest absolute Gasteiger partial charge is 0.385 e. The molecule has 0 atom stereocenters. The van der Waals surface area contributed by atoms with Crippen LogP contribution in [-0.2, 0) is 6.54 Å². The molecule has 0 aliphatic rings. The minimum absolute atomic E-state index is 0.0599. The molecule has 4 nitrogen and oxygen atoms in total. The molecule has 2 aromatic heterocycles. The fraction of sp³-hybridized carbons (Fsp3) is 0.200. The van der Waals surface area contributed by atoms with Crippen LogP contribution in [0.25, 0.3) is 10.2 Å². The zero-order valence-electron chi connectivity index (χ0n) is 11.0. The van der Waals surface area contributed by atoms with Gasteiger partial charge in [0.15, 0.2) is 0 Å². The van der Waals surface area contributed by atoms with E-state index in [1.807, 2.05) is 41.8 Å². The summed E-state index contributed by atoms with van der Waals surface area (Å²) in [7, 11) is 0. The lowest BCUT2D eigenvalue weighted by atomic mass is 10.3. The Balaban J connectivity index is 1.60. The summed E-state index contributed by atoms with van der Waals surface area (Å²) < 4.78 is 2.43. The Bertz CT molecular complexity index is 748. The molecule has 0 spiro atoms. The molecule has 0 saturated carbocycles. The number of hydrogen-bond donors (Lipinski definition) is 1. The quantitative estimate of drug-likeness (QED) is 0.733. The second-order valence-electron chi connectivity index (χ2n) is 4.52. The molecule has 1 aromatic carbocycles. The van der Waals surface area contributed by atoms with E-state index in [0.29, 0.717) is 6.54 Å². The van der Waals surface area contributed by atoms with Crippen molar-refractivity contribution in [2.24, 2.45) is 0 Å². The molecule has 0 unspecified atom stereocenters. The minimum atomic E-state index is 0.0599. The van der Waals surface area contributed by atoms with E-state index in [9.17, 15) is 4.79 Å². The van der Waals surface area contributed by atoms with Crippen molar-refractivity contribution >= 4 is 27.2 Å². The third kappa shape index (κ3) is 2.72. The maximum atomic E-state index is 12.2. The van der Waals surface area contributed by atoms with E-state index >= 15 is 0 Å². The van der Waals surface area contributed by atoms with Crippen LogP contribution >= 0.6 is 11.3 Å². The summed E-state index contributed by atoms with van der Waals surface area (Å²) in [5.74, 6) is 0. The lowest BCUT2D eigenvalue weighted by Gasteiger charge is -2.07. The first kappa shape index (κ1) is 12.9. The number of hydrogen-bond acceptors (Lipinski definition) is 4. The van der Waals surface area contributed by atoms with Gasteiger partial charge in [0.2, 0.25) is 0 Å². The number of benzene rings is 1. The highest BCUT2D eigenvalue weighted by molar-refractivity contribution is 7.17. The monoisotopic (exact) mass is 285 g/mol. The highest BCUT2D eigenvalue weighted by Crippen LogP contribution is 2.13. The molecule has 1 N–H and O–H groups in total. The molecular weight excluding hydrogens is 270 g/mol. The number of nitrogens with zero attached hydrogens (tertiary/aromatic N) is 2. The van der Waals surface area contributed by atoms with Crippen molar-refractivity contribution in [2.75, 3.05) is 11.9 Å². The van der Waals surface area contributed by atoms with Gasteiger partial charge in [-0.3, -0.25) is 9.36 Å². The van der Waals surface area contributed by atoms with E-state index in [1.165, 1.54) is 11.3 Å². The van der Waals surface area contributed by atoms with Gasteiger partial charge in [-0.2, -0.15) is 0 Å². The summed E-state index contributed by atoms with van der Waals surface area (Å²) in [5.41, 5.74) is 1.95. The molecule has 0 radical (unpaired) electrons. The van der Waals surface area contributed by atoms with Gasteiger partial charge in [0.25, 0.3) is 5.56 Å². The van der Waals surface area contributed by atoms with Crippen molar-refractivity contribution in [1.82, 2.24) is 9.55 Å². The van der Waals surface area contributed by atoms with E-state index in [1.54, 1.807) is 10.9 Å². The Kier molecular flexibility index (Phi) is 3.78. The number of aromatic nitrogens is 2. The number of thiophene rings is 1. The first-order valence-corrected chi connectivity index (χ1v) is 7.44. The third-order valence-electron chi connectivity index (χ3n) is 3.11. The maximum Gasteiger partial charge on any atom is 0.271 e. The van der Waals surface area contributed by atoms with Gasteiger partial charge in [-0.05, 0) is 30.0 Å². The normalized spacial score (nSPS) is 10.8. The van der Waals surface area contributed by atoms with Gasteiger partial charge in [-0.15, -0.1) is 11.3 Å². The highest BCUT2D eigenvalue weighted by Gasteiger charge is 2.04. The van der Waals surface area contributed by atoms with Crippen LogP contribution in [0.4, 0.5) is 5.69 Å². The predicted octanol–water partition coefficient (Wildman–Crippen LogP) is 2.96. The molecular formula is C15H15N3OS. The van der Waals surface area contributed by atoms with Crippen molar-refractivity contribution in [3.05, 3.63) is 58.5 Å². The van der Waals surface area contributed by atoms with Crippen LogP contribution in [-0.4, -0.2) is 16.1 Å². The van der Waals surface area contributed by atoms with Gasteiger partial charge in [0, 0.05) is 18.8 Å². The van der Waals surface area contributed by atoms with Gasteiger partial charge in [0.1, 0.15) is 4.70 Å². The van der Waals surface area contributed by atoms with Crippen LogP contribution in [0.5, 0.6) is 0 Å². The first-order valence-electron chi connectivity index (χ1n) is 6.56. The fourth-order valence-electron chi connectivity index (χ4n) is 2.08. The fourth-order valence-corrected chi connectivity index (χ4v) is 2.87. The van der Waals surface area contributed by atoms with Gasteiger partial charge >= 0.3 is 0 Å². The van der Waals surface area contributed by atoms with E-state index in [0.717, 1.165) is 28.9 Å². The number of anilines is 1. The maximum absolute atomic E-state index is 12.2. The van der Waals surface area contributed by atoms with Gasteiger partial charge in [0.05, 0.1) is 11.8 Å². The molecule has 2 heterocycles. The summed E-state index contributed by atoms with van der Waals surface area (Å²) in [6.45, 7) is 1.51. The number of para-hydroxylation sites is 1. The van der Waals surface area contributed by atoms with Crippen LogP contribution in [0.15, 0.2) is 52.9 Å². The molecule has 0 amide bonds. The van der Waals surface area contributed by atoms with E-state index in [-0.39, 0.29) is 5.56 Å². The van der Waals surface area contributed by atoms with Gasteiger partial charge in [-0.25, -0.2) is 4.98 Å². The van der Waals surface area contributed by atoms with Gasteiger partial charge < -0.3 is 5.32 Å². The van der Waals surface area contributed by atoms with Gasteiger partial charge in [-0.1, -0.05) is 18.2 Å². The summed E-state index contributed by atoms with van der Waals surface area (Å²) in [5, 5.41) is 5.24. The summed E-state index contributed by atoms with van der Waals surface area (Å²) >= 11 is 1.45. The summed E-state index contributed by atoms with van der Waals surface area (Å²) in [6.07, 6.45) is 2.52. The molecule has 5 heteroatoms. The second-order valence-corrected chi connectivity index (χ2v) is 5.44. The highest BCUT2D eigenvalue weighted by atomic mass is 32.1. The van der Waals surface area contributed by atoms with Crippen LogP contribution in [0.3, 0.4) is 0 Å². The average Bonchev–Trinajstić information content (AvgIpc) is 2.96. The lowest BCUT2D eigenvalue weighted by Crippen LogP contribution is -2.21. The average molecular weight is 285 g/mol. The lowest BCUT2D eigenvalue weighted by molar-refractivity contribution is 0.634. The van der Waals surface area contributed by atoms with Crippen LogP contribution in [0.1, 0.15) is 6.42 Å². The molecule has 0 fully saturated rings. The minimum Gasteiger partial charge on any atom is -0.385 e. The molecule has 3 aromatic rings. The van der Waals surface area contributed by atoms with Crippen molar-refractivity contribution in [1.29, 1.82) is 0 Å². The van der Waals surface area contributed by atoms with E-state index in [4.69, 9.17) is 0 Å². The third-order valence-corrected chi connectivity index (χ3v) is 4.01. The molecule has 20 heavy (non-hydrogen) atoms. The molecule has 0 bridgehead atoms. The van der Waals surface area contributed by atoms with Crippen molar-refractivity contribution < 1.29 is 0 Å². The number of rotatable bonds is 5. The molecule has 3 rings (SSSR count). The number of nitrogens with one attached hydrogen (secondary N) is 1. The van der Waals surface area contributed by atoms with Crippen molar-refractivity contribution in [3.8, 4) is 0 Å². The Morgan fingerprint density at radius 3 is 2.90 bits per heavy atom. The van der Waals surface area contributed by atoms with Crippen LogP contribution < -0.4 is 10.9 Å². The molecule has 0 aliphatic carbocycles. The Morgan fingerprint density at radius 2 is 2.05 bits per heavy atom. The Hall–Kier alpha value is -2.14. The molecule has 0 saturated heterocycles. The Labute approximate surface area is 120 Å². The SMILES string of the molecule is O=c1c2sccc2ncn1CCCNc1ccccc1. The topological polar surface area (TPSA) is 46.9 Å². The van der Waals surface area contributed by atoms with Crippen molar-refractivity contribution in [3.63, 3.8) is 0 Å². The summed E-state index contributed by atoms with van der Waals surface area (Å²) in [6, 6.07) is 11.9. The Morgan fingerprint density at radius 1 is 1.20 bits per heavy atom. The van der Waals surface area contributed by atoms with Crippen LogP contribution in [0, 0.1) is 0 Å². The number of aryl methyl sites for hydroxylation is 1. The predicted molar refractivity (Wildman–Crippen MR) is 83.4 cm³/mol. The van der Waals surface area contributed by atoms with E-state index < -0.39 is 0 Å². The van der Waals surface area contributed by atoms with E-state index in [2.05, 4.69) is 10.3 Å². The molecule has 102 valence electrons. The standard InChI is InChI=1S/C15H15N3OS/c19-15-14-13(7-10-20-14)17-11-18(15)9-4-8-16-12-5-2-1-3-6-12/h1-3,5-7,10-11,16H,4,8-9H2. The zero-order valence-corrected chi connectivity index (χ0v) is 11.8. The summed E-state index contributed by atoms with van der Waals surface area (Å²) in [4.78, 5) is 16.5. The number of fused-ring (bicyclic) bond motifs is 1. The van der Waals surface area contributed by atoms with Crippen molar-refractivity contribution in [2.45, 2.75) is 13.0 Å². The molecule has 0 aliphatic heterocycles. The second kappa shape index (κ2) is 5.88. The zero-order chi connectivity index (χ0) is 13.8. The smallest absolute Gasteiger partial charge is 0.271 e. The first-order chi connectivity index (χ1) is 9.84. The van der Waals surface area contributed by atoms with Crippen LogP contribution in [0.2, 0.25) is 0 Å².